The van der Waals surface area contributed by atoms with Gasteiger partial charge >= 0.3 is 0 Å². The molecule has 2 aromatic rings. The van der Waals surface area contributed by atoms with Crippen LogP contribution in [0.2, 0.25) is 0 Å². The Kier molecular flexibility index (Phi) is 6.50. The van der Waals surface area contributed by atoms with Gasteiger partial charge in [0, 0.05) is 24.3 Å². The summed E-state index contributed by atoms with van der Waals surface area (Å²) >= 11 is 0. The van der Waals surface area contributed by atoms with Crippen molar-refractivity contribution in [1.29, 1.82) is 0 Å². The number of nitrogens with one attached hydrogen (secondary N) is 3. The zero-order chi connectivity index (χ0) is 22.9. The first-order chi connectivity index (χ1) is 15.2. The van der Waals surface area contributed by atoms with E-state index in [1.165, 1.54) is 16.4 Å². The van der Waals surface area contributed by atoms with Crippen LogP contribution in [0, 0.1) is 0 Å². The number of phenols is 1. The zero-order valence-electron chi connectivity index (χ0n) is 18.0. The predicted molar refractivity (Wildman–Crippen MR) is 119 cm³/mol. The standard InChI is InChI=1S/C22H28N4O5S/c1-14-12-26(13-15(2)31-14)32(29,30)17-9-7-16(8-10-17)23-22(28)20-11-19(24-25-20)18-5-3-4-6-21(18)27/h3-10,14-15,19-20,24-25,27H,11-13H2,1-2H3,(H,23,28). The van der Waals surface area contributed by atoms with Crippen LogP contribution in [0.4, 0.5) is 5.69 Å². The lowest BCUT2D eigenvalue weighted by atomic mass is 10.0. The molecule has 0 aliphatic carbocycles. The summed E-state index contributed by atoms with van der Waals surface area (Å²) in [7, 11) is -3.64. The van der Waals surface area contributed by atoms with Crippen LogP contribution in [-0.4, -0.2) is 55.1 Å². The molecule has 0 bridgehead atoms. The topological polar surface area (TPSA) is 120 Å². The molecule has 32 heavy (non-hydrogen) atoms. The second-order valence-corrected chi connectivity index (χ2v) is 10.2. The number of morpholine rings is 1. The Hall–Kier alpha value is -2.50. The highest BCUT2D eigenvalue weighted by Gasteiger charge is 2.33. The third-order valence-corrected chi connectivity index (χ3v) is 7.52. The van der Waals surface area contributed by atoms with Gasteiger partial charge in [-0.2, -0.15) is 4.31 Å². The molecule has 2 aliphatic rings. The maximum atomic E-state index is 13.0. The summed E-state index contributed by atoms with van der Waals surface area (Å²) in [5, 5.41) is 12.8. The Morgan fingerprint density at radius 1 is 1.06 bits per heavy atom. The number of hydrogen-bond acceptors (Lipinski definition) is 7. The summed E-state index contributed by atoms with van der Waals surface area (Å²) in [5.41, 5.74) is 7.21. The van der Waals surface area contributed by atoms with Crippen molar-refractivity contribution in [1.82, 2.24) is 15.2 Å². The fraction of sp³-hybridized carbons (Fsp3) is 0.409. The second-order valence-electron chi connectivity index (χ2n) is 8.28. The molecule has 0 saturated carbocycles. The molecule has 10 heteroatoms. The number of rotatable bonds is 5. The monoisotopic (exact) mass is 460 g/mol. The van der Waals surface area contributed by atoms with Crippen molar-refractivity contribution >= 4 is 21.6 Å². The van der Waals surface area contributed by atoms with Crippen molar-refractivity contribution in [2.45, 2.75) is 49.5 Å². The molecule has 2 heterocycles. The fourth-order valence-corrected chi connectivity index (χ4v) is 5.72. The summed E-state index contributed by atoms with van der Waals surface area (Å²) in [5.74, 6) is -0.0735. The van der Waals surface area contributed by atoms with Crippen LogP contribution < -0.4 is 16.2 Å². The molecule has 2 aliphatic heterocycles. The third-order valence-electron chi connectivity index (χ3n) is 5.68. The number of para-hydroxylation sites is 1. The predicted octanol–water partition coefficient (Wildman–Crippen LogP) is 1.74. The van der Waals surface area contributed by atoms with Crippen molar-refractivity contribution < 1.29 is 23.1 Å². The van der Waals surface area contributed by atoms with Gasteiger partial charge in [-0.25, -0.2) is 19.3 Å². The van der Waals surface area contributed by atoms with Gasteiger partial charge in [0.1, 0.15) is 11.8 Å². The van der Waals surface area contributed by atoms with Crippen molar-refractivity contribution in [3.63, 3.8) is 0 Å². The maximum absolute atomic E-state index is 13.0. The molecule has 4 unspecified atom stereocenters. The van der Waals surface area contributed by atoms with Crippen LogP contribution in [0.25, 0.3) is 0 Å². The summed E-state index contributed by atoms with van der Waals surface area (Å²) in [6.45, 7) is 4.33. The van der Waals surface area contributed by atoms with E-state index in [0.29, 0.717) is 25.2 Å². The van der Waals surface area contributed by atoms with Gasteiger partial charge in [0.05, 0.1) is 23.1 Å². The first kappa shape index (κ1) is 22.7. The average molecular weight is 461 g/mol. The average Bonchev–Trinajstić information content (AvgIpc) is 3.24. The quantitative estimate of drug-likeness (QED) is 0.536. The largest absolute Gasteiger partial charge is 0.508 e. The van der Waals surface area contributed by atoms with E-state index in [2.05, 4.69) is 16.2 Å². The minimum atomic E-state index is -3.64. The molecule has 9 nitrogen and oxygen atoms in total. The lowest BCUT2D eigenvalue weighted by Crippen LogP contribution is -2.48. The lowest BCUT2D eigenvalue weighted by molar-refractivity contribution is -0.117. The number of sulfonamides is 1. The van der Waals surface area contributed by atoms with Crippen molar-refractivity contribution in [3.8, 4) is 5.75 Å². The molecule has 4 rings (SSSR count). The van der Waals surface area contributed by atoms with Crippen molar-refractivity contribution in [3.05, 3.63) is 54.1 Å². The van der Waals surface area contributed by atoms with Gasteiger partial charge in [-0.15, -0.1) is 0 Å². The summed E-state index contributed by atoms with van der Waals surface area (Å²) in [4.78, 5) is 12.8. The molecular formula is C22H28N4O5S. The maximum Gasteiger partial charge on any atom is 0.243 e. The van der Waals surface area contributed by atoms with Crippen molar-refractivity contribution in [2.24, 2.45) is 0 Å². The van der Waals surface area contributed by atoms with E-state index in [-0.39, 0.29) is 34.8 Å². The molecule has 0 aromatic heterocycles. The number of amides is 1. The van der Waals surface area contributed by atoms with Crippen molar-refractivity contribution in [2.75, 3.05) is 18.4 Å². The molecule has 2 fully saturated rings. The minimum Gasteiger partial charge on any atom is -0.508 e. The number of nitrogens with zero attached hydrogens (tertiary/aromatic N) is 1. The molecule has 4 N–H and O–H groups in total. The van der Waals surface area contributed by atoms with E-state index in [1.807, 2.05) is 26.0 Å². The van der Waals surface area contributed by atoms with Gasteiger partial charge in [0.2, 0.25) is 15.9 Å². The Labute approximate surface area is 187 Å². The first-order valence-electron chi connectivity index (χ1n) is 10.6. The lowest BCUT2D eigenvalue weighted by Gasteiger charge is -2.34. The normalized spacial score (nSPS) is 26.7. The summed E-state index contributed by atoms with van der Waals surface area (Å²) < 4.78 is 33.0. The number of hydrazine groups is 1. The number of phenolic OH excluding ortho intramolecular Hbond substituents is 1. The number of carbonyl (C=O) groups is 1. The van der Waals surface area contributed by atoms with Crippen LogP contribution in [0.5, 0.6) is 5.75 Å². The number of carbonyl (C=O) groups excluding carboxylic acids is 1. The molecule has 1 amide bonds. The van der Waals surface area contributed by atoms with Crippen LogP contribution in [0.3, 0.4) is 0 Å². The van der Waals surface area contributed by atoms with E-state index >= 15 is 0 Å². The van der Waals surface area contributed by atoms with Gasteiger partial charge < -0.3 is 15.2 Å². The van der Waals surface area contributed by atoms with Gasteiger partial charge in [-0.1, -0.05) is 18.2 Å². The number of ether oxygens (including phenoxy) is 1. The van der Waals surface area contributed by atoms with E-state index in [4.69, 9.17) is 4.74 Å². The van der Waals surface area contributed by atoms with Gasteiger partial charge in [-0.3, -0.25) is 4.79 Å². The minimum absolute atomic E-state index is 0.166. The summed E-state index contributed by atoms with van der Waals surface area (Å²) in [6, 6.07) is 12.5. The van der Waals surface area contributed by atoms with Crippen LogP contribution in [0.1, 0.15) is 31.9 Å². The smallest absolute Gasteiger partial charge is 0.243 e. The van der Waals surface area contributed by atoms with Gasteiger partial charge in [0.25, 0.3) is 0 Å². The first-order valence-corrected chi connectivity index (χ1v) is 12.0. The molecule has 2 aromatic carbocycles. The SMILES string of the molecule is CC1CN(S(=O)(=O)c2ccc(NC(=O)C3CC(c4ccccc4O)NN3)cc2)CC(C)O1. The number of aromatic hydroxyl groups is 1. The highest BCUT2D eigenvalue weighted by molar-refractivity contribution is 7.89. The molecule has 4 atom stereocenters. The molecule has 2 saturated heterocycles. The van der Waals surface area contributed by atoms with E-state index in [1.54, 1.807) is 24.3 Å². The summed E-state index contributed by atoms with van der Waals surface area (Å²) in [6.07, 6.45) is 0.131. The number of anilines is 1. The Bertz CT molecular complexity index is 1070. The van der Waals surface area contributed by atoms with Crippen LogP contribution in [0.15, 0.2) is 53.4 Å². The number of hydrogen-bond donors (Lipinski definition) is 4. The van der Waals surface area contributed by atoms with Crippen LogP contribution in [-0.2, 0) is 19.6 Å². The van der Waals surface area contributed by atoms with E-state index < -0.39 is 16.1 Å². The number of benzene rings is 2. The van der Waals surface area contributed by atoms with Gasteiger partial charge in [-0.05, 0) is 50.6 Å². The third kappa shape index (κ3) is 4.79. The van der Waals surface area contributed by atoms with E-state index in [0.717, 1.165) is 5.56 Å². The Morgan fingerprint density at radius 3 is 2.38 bits per heavy atom. The highest BCUT2D eigenvalue weighted by atomic mass is 32.2. The fourth-order valence-electron chi connectivity index (χ4n) is 4.13. The van der Waals surface area contributed by atoms with Crippen LogP contribution >= 0.6 is 0 Å². The molecule has 0 radical (unpaired) electrons. The second kappa shape index (κ2) is 9.16. The highest BCUT2D eigenvalue weighted by Crippen LogP contribution is 2.29. The van der Waals surface area contributed by atoms with E-state index in [9.17, 15) is 18.3 Å². The molecular weight excluding hydrogens is 432 g/mol. The Morgan fingerprint density at radius 2 is 1.72 bits per heavy atom. The zero-order valence-corrected chi connectivity index (χ0v) is 18.8. The molecule has 172 valence electrons. The Balaban J connectivity index is 1.38. The molecule has 0 spiro atoms. The van der Waals surface area contributed by atoms with Gasteiger partial charge in [0.15, 0.2) is 0 Å².